The molecule has 0 amide bonds. The molecule has 27 heavy (non-hydrogen) atoms. The van der Waals surface area contributed by atoms with Gasteiger partial charge >= 0.3 is 0 Å². The Labute approximate surface area is 160 Å². The number of nitrogens with one attached hydrogen (secondary N) is 3. The molecule has 1 aromatic heterocycles. The van der Waals surface area contributed by atoms with E-state index >= 15 is 0 Å². The number of aliphatic imine (C=N–C) groups is 1. The molecule has 0 saturated carbocycles. The van der Waals surface area contributed by atoms with Gasteiger partial charge in [-0.2, -0.15) is 5.10 Å². The van der Waals surface area contributed by atoms with Gasteiger partial charge in [0.15, 0.2) is 5.96 Å². The van der Waals surface area contributed by atoms with Crippen molar-refractivity contribution in [1.82, 2.24) is 25.7 Å². The number of guanidine groups is 1. The second-order valence-electron chi connectivity index (χ2n) is 6.59. The summed E-state index contributed by atoms with van der Waals surface area (Å²) in [5.41, 5.74) is 2.21. The highest BCUT2D eigenvalue weighted by atomic mass is 16.5. The molecule has 0 bridgehead atoms. The number of aromatic nitrogens is 2. The summed E-state index contributed by atoms with van der Waals surface area (Å²) in [5.74, 6) is 2.45. The van der Waals surface area contributed by atoms with Crippen molar-refractivity contribution in [2.24, 2.45) is 4.99 Å². The van der Waals surface area contributed by atoms with E-state index in [9.17, 15) is 0 Å². The number of likely N-dealkylation sites (tertiary alicyclic amines) is 1. The Morgan fingerprint density at radius 1 is 1.30 bits per heavy atom. The Morgan fingerprint density at radius 2 is 2.07 bits per heavy atom. The van der Waals surface area contributed by atoms with E-state index in [4.69, 9.17) is 9.47 Å². The third-order valence-electron chi connectivity index (χ3n) is 4.66. The number of nitrogens with zero attached hydrogens (tertiary/aromatic N) is 3. The molecule has 1 saturated heterocycles. The van der Waals surface area contributed by atoms with Gasteiger partial charge in [0.1, 0.15) is 11.5 Å². The predicted molar refractivity (Wildman–Crippen MR) is 105 cm³/mol. The van der Waals surface area contributed by atoms with E-state index in [2.05, 4.69) is 42.9 Å². The van der Waals surface area contributed by atoms with Crippen LogP contribution in [0.3, 0.4) is 0 Å². The second kappa shape index (κ2) is 9.27. The van der Waals surface area contributed by atoms with Crippen LogP contribution in [0, 0.1) is 0 Å². The van der Waals surface area contributed by atoms with Gasteiger partial charge in [-0.25, -0.2) is 0 Å². The lowest BCUT2D eigenvalue weighted by Gasteiger charge is -2.19. The maximum atomic E-state index is 5.37. The highest BCUT2D eigenvalue weighted by Crippen LogP contribution is 2.24. The van der Waals surface area contributed by atoms with Crippen LogP contribution in [0.4, 0.5) is 0 Å². The van der Waals surface area contributed by atoms with Crippen LogP contribution in [0.25, 0.3) is 0 Å². The van der Waals surface area contributed by atoms with Crippen molar-refractivity contribution in [2.45, 2.75) is 25.6 Å². The largest absolute Gasteiger partial charge is 0.497 e. The molecule has 0 aliphatic carbocycles. The van der Waals surface area contributed by atoms with Crippen LogP contribution < -0.4 is 20.1 Å². The fourth-order valence-corrected chi connectivity index (χ4v) is 3.26. The third-order valence-corrected chi connectivity index (χ3v) is 4.66. The number of aromatic amines is 1. The molecule has 2 aromatic rings. The summed E-state index contributed by atoms with van der Waals surface area (Å²) in [6.07, 6.45) is 2.82. The summed E-state index contributed by atoms with van der Waals surface area (Å²) in [4.78, 5) is 6.74. The van der Waals surface area contributed by atoms with Crippen molar-refractivity contribution in [2.75, 3.05) is 34.4 Å². The Balaban J connectivity index is 1.50. The molecule has 1 fully saturated rings. The molecule has 1 aliphatic rings. The lowest BCUT2D eigenvalue weighted by Crippen LogP contribution is -2.44. The second-order valence-corrected chi connectivity index (χ2v) is 6.59. The molecular formula is C19H28N6O2. The summed E-state index contributed by atoms with van der Waals surface area (Å²) in [6.45, 7) is 3.53. The SMILES string of the molecule is CN=C(NCc1ccn[nH]1)NC1CCN(Cc2cc(OC)cc(OC)c2)C1. The molecule has 3 rings (SSSR count). The smallest absolute Gasteiger partial charge is 0.191 e. The highest BCUT2D eigenvalue weighted by Gasteiger charge is 2.23. The minimum atomic E-state index is 0.366. The van der Waals surface area contributed by atoms with E-state index in [1.54, 1.807) is 27.5 Å². The zero-order chi connectivity index (χ0) is 19.1. The van der Waals surface area contributed by atoms with E-state index in [0.717, 1.165) is 49.2 Å². The molecule has 2 heterocycles. The van der Waals surface area contributed by atoms with Crippen LogP contribution in [0.5, 0.6) is 11.5 Å². The van der Waals surface area contributed by atoms with Crippen molar-refractivity contribution in [3.8, 4) is 11.5 Å². The number of methoxy groups -OCH3 is 2. The Morgan fingerprint density at radius 3 is 2.70 bits per heavy atom. The molecule has 146 valence electrons. The van der Waals surface area contributed by atoms with E-state index in [0.29, 0.717) is 12.6 Å². The van der Waals surface area contributed by atoms with Crippen molar-refractivity contribution >= 4 is 5.96 Å². The quantitative estimate of drug-likeness (QED) is 0.503. The van der Waals surface area contributed by atoms with Crippen LogP contribution >= 0.6 is 0 Å². The average Bonchev–Trinajstić information content (AvgIpc) is 3.36. The van der Waals surface area contributed by atoms with Crippen molar-refractivity contribution < 1.29 is 9.47 Å². The number of hydrogen-bond acceptors (Lipinski definition) is 5. The predicted octanol–water partition coefficient (Wildman–Crippen LogP) is 1.37. The first kappa shape index (κ1) is 19.0. The molecule has 8 heteroatoms. The van der Waals surface area contributed by atoms with E-state index < -0.39 is 0 Å². The van der Waals surface area contributed by atoms with Crippen LogP contribution in [-0.4, -0.2) is 61.5 Å². The summed E-state index contributed by atoms with van der Waals surface area (Å²) in [5, 5.41) is 13.7. The van der Waals surface area contributed by atoms with Gasteiger partial charge in [-0.3, -0.25) is 15.0 Å². The minimum absolute atomic E-state index is 0.366. The van der Waals surface area contributed by atoms with Crippen LogP contribution in [-0.2, 0) is 13.1 Å². The fraction of sp³-hybridized carbons (Fsp3) is 0.474. The Hall–Kier alpha value is -2.74. The molecule has 0 spiro atoms. The Bertz CT molecular complexity index is 724. The summed E-state index contributed by atoms with van der Waals surface area (Å²) >= 11 is 0. The maximum Gasteiger partial charge on any atom is 0.191 e. The van der Waals surface area contributed by atoms with E-state index in [1.165, 1.54) is 5.56 Å². The van der Waals surface area contributed by atoms with Gasteiger partial charge in [0.05, 0.1) is 26.5 Å². The molecule has 1 aromatic carbocycles. The topological polar surface area (TPSA) is 86.8 Å². The van der Waals surface area contributed by atoms with Gasteiger partial charge in [-0.1, -0.05) is 0 Å². The molecule has 1 aliphatic heterocycles. The number of benzene rings is 1. The number of ether oxygens (including phenoxy) is 2. The number of H-pyrrole nitrogens is 1. The van der Waals surface area contributed by atoms with Gasteiger partial charge in [0.25, 0.3) is 0 Å². The monoisotopic (exact) mass is 372 g/mol. The first-order valence-corrected chi connectivity index (χ1v) is 9.10. The molecule has 0 radical (unpaired) electrons. The van der Waals surface area contributed by atoms with Crippen molar-refractivity contribution in [1.29, 1.82) is 0 Å². The molecule has 1 unspecified atom stereocenters. The lowest BCUT2D eigenvalue weighted by molar-refractivity contribution is 0.321. The third kappa shape index (κ3) is 5.37. The molecular weight excluding hydrogens is 344 g/mol. The zero-order valence-electron chi connectivity index (χ0n) is 16.2. The van der Waals surface area contributed by atoms with Crippen LogP contribution in [0.2, 0.25) is 0 Å². The molecule has 1 atom stereocenters. The number of hydrogen-bond donors (Lipinski definition) is 3. The van der Waals surface area contributed by atoms with Gasteiger partial charge in [0.2, 0.25) is 0 Å². The normalized spacial score (nSPS) is 17.7. The van der Waals surface area contributed by atoms with Gasteiger partial charge in [-0.15, -0.1) is 0 Å². The average molecular weight is 372 g/mol. The standard InChI is InChI=1S/C19H28N6O2/c1-20-19(21-11-15-4-6-22-24-15)23-16-5-7-25(13-16)12-14-8-17(26-2)10-18(9-14)27-3/h4,6,8-10,16H,5,7,11-13H2,1-3H3,(H,22,24)(H2,20,21,23). The van der Waals surface area contributed by atoms with Crippen molar-refractivity contribution in [3.63, 3.8) is 0 Å². The summed E-state index contributed by atoms with van der Waals surface area (Å²) < 4.78 is 10.7. The zero-order valence-corrected chi connectivity index (χ0v) is 16.2. The van der Waals surface area contributed by atoms with Gasteiger partial charge < -0.3 is 20.1 Å². The summed E-state index contributed by atoms with van der Waals surface area (Å²) in [6, 6.07) is 8.33. The minimum Gasteiger partial charge on any atom is -0.497 e. The van der Waals surface area contributed by atoms with E-state index in [1.807, 2.05) is 12.1 Å². The molecule has 3 N–H and O–H groups in total. The highest BCUT2D eigenvalue weighted by molar-refractivity contribution is 5.79. The van der Waals surface area contributed by atoms with E-state index in [-0.39, 0.29) is 0 Å². The van der Waals surface area contributed by atoms with Crippen LogP contribution in [0.1, 0.15) is 17.7 Å². The van der Waals surface area contributed by atoms with Gasteiger partial charge in [-0.05, 0) is 30.2 Å². The fourth-order valence-electron chi connectivity index (χ4n) is 3.26. The van der Waals surface area contributed by atoms with Crippen LogP contribution in [0.15, 0.2) is 35.5 Å². The maximum absolute atomic E-state index is 5.37. The lowest BCUT2D eigenvalue weighted by atomic mass is 10.2. The Kier molecular flexibility index (Phi) is 6.54. The molecule has 8 nitrogen and oxygen atoms in total. The summed E-state index contributed by atoms with van der Waals surface area (Å²) in [7, 11) is 5.14. The van der Waals surface area contributed by atoms with Crippen molar-refractivity contribution in [3.05, 3.63) is 41.7 Å². The first-order chi connectivity index (χ1) is 13.2. The number of rotatable bonds is 7. The first-order valence-electron chi connectivity index (χ1n) is 9.10. The van der Waals surface area contributed by atoms with Gasteiger partial charge in [0, 0.05) is 45.0 Å².